The molecule has 108 valence electrons. The minimum absolute atomic E-state index is 0.0179. The summed E-state index contributed by atoms with van der Waals surface area (Å²) < 4.78 is 0. The molecule has 1 aromatic rings. The third-order valence-electron chi connectivity index (χ3n) is 3.20. The third-order valence-corrected chi connectivity index (χ3v) is 4.38. The maximum Gasteiger partial charge on any atom is 0.253 e. The van der Waals surface area contributed by atoms with Gasteiger partial charge in [-0.15, -0.1) is 11.8 Å². The monoisotopic (exact) mass is 293 g/mol. The lowest BCUT2D eigenvalue weighted by Crippen LogP contribution is -2.33. The van der Waals surface area contributed by atoms with Crippen LogP contribution in [0.15, 0.2) is 23.1 Å². The molecule has 1 aromatic carbocycles. The number of benzene rings is 1. The summed E-state index contributed by atoms with van der Waals surface area (Å²) >= 11 is 1.52. The molecule has 1 aliphatic rings. The number of fused-ring (bicyclic) bond motifs is 1. The molecule has 2 amide bonds. The minimum Gasteiger partial charge on any atom is -0.340 e. The molecule has 20 heavy (non-hydrogen) atoms. The van der Waals surface area contributed by atoms with Gasteiger partial charge in [-0.3, -0.25) is 9.59 Å². The summed E-state index contributed by atoms with van der Waals surface area (Å²) in [5.74, 6) is -0.0587. The molecule has 0 spiro atoms. The third kappa shape index (κ3) is 3.13. The van der Waals surface area contributed by atoms with Gasteiger partial charge in [0.15, 0.2) is 0 Å². The molecule has 1 atom stereocenters. The van der Waals surface area contributed by atoms with Crippen molar-refractivity contribution in [3.63, 3.8) is 0 Å². The Morgan fingerprint density at radius 1 is 1.50 bits per heavy atom. The van der Waals surface area contributed by atoms with Crippen LogP contribution in [0.25, 0.3) is 0 Å². The maximum atomic E-state index is 12.3. The maximum absolute atomic E-state index is 12.3. The zero-order chi connectivity index (χ0) is 14.7. The summed E-state index contributed by atoms with van der Waals surface area (Å²) in [4.78, 5) is 26.6. The van der Waals surface area contributed by atoms with E-state index in [9.17, 15) is 9.59 Å². The highest BCUT2D eigenvalue weighted by molar-refractivity contribution is 8.00. The van der Waals surface area contributed by atoms with E-state index in [1.165, 1.54) is 11.8 Å². The first-order chi connectivity index (χ1) is 9.52. The van der Waals surface area contributed by atoms with Crippen molar-refractivity contribution >= 4 is 29.3 Å². The lowest BCUT2D eigenvalue weighted by atomic mass is 10.1. The number of rotatable bonds is 4. The van der Waals surface area contributed by atoms with Gasteiger partial charge in [0.25, 0.3) is 5.91 Å². The number of carbonyl (C=O) groups is 2. The van der Waals surface area contributed by atoms with Gasteiger partial charge in [0.1, 0.15) is 0 Å². The van der Waals surface area contributed by atoms with E-state index >= 15 is 0 Å². The molecule has 0 bridgehead atoms. The van der Waals surface area contributed by atoms with E-state index in [2.05, 4.69) is 10.6 Å². The first-order valence-corrected chi connectivity index (χ1v) is 7.42. The Morgan fingerprint density at radius 2 is 2.25 bits per heavy atom. The molecule has 0 saturated heterocycles. The molecule has 0 aromatic heterocycles. The number of anilines is 1. The van der Waals surface area contributed by atoms with Crippen LogP contribution in [-0.4, -0.2) is 49.1 Å². The fourth-order valence-electron chi connectivity index (χ4n) is 1.94. The second-order valence-electron chi connectivity index (χ2n) is 4.79. The van der Waals surface area contributed by atoms with E-state index < -0.39 is 0 Å². The topological polar surface area (TPSA) is 61.4 Å². The number of nitrogens with one attached hydrogen (secondary N) is 2. The van der Waals surface area contributed by atoms with Crippen molar-refractivity contribution in [2.24, 2.45) is 0 Å². The van der Waals surface area contributed by atoms with Gasteiger partial charge < -0.3 is 15.5 Å². The minimum atomic E-state index is -0.0950. The smallest absolute Gasteiger partial charge is 0.253 e. The Hall–Kier alpha value is -1.53. The van der Waals surface area contributed by atoms with Crippen molar-refractivity contribution < 1.29 is 9.59 Å². The van der Waals surface area contributed by atoms with Crippen LogP contribution in [0.2, 0.25) is 0 Å². The van der Waals surface area contributed by atoms with Crippen LogP contribution in [0.3, 0.4) is 0 Å². The second kappa shape index (κ2) is 6.28. The molecule has 6 heteroatoms. The molecule has 1 aliphatic heterocycles. The quantitative estimate of drug-likeness (QED) is 0.881. The average Bonchev–Trinajstić information content (AvgIpc) is 2.44. The van der Waals surface area contributed by atoms with Gasteiger partial charge in [-0.1, -0.05) is 0 Å². The standard InChI is InChI=1S/C14H19N3O2S/c1-9-13(18)16-11-8-10(4-5-12(11)20-9)14(19)17(3)7-6-15-2/h4-5,8-9,15H,6-7H2,1-3H3,(H,16,18). The summed E-state index contributed by atoms with van der Waals surface area (Å²) in [5.41, 5.74) is 1.32. The predicted molar refractivity (Wildman–Crippen MR) is 81.3 cm³/mol. The molecular formula is C14H19N3O2S. The second-order valence-corrected chi connectivity index (χ2v) is 6.17. The first kappa shape index (κ1) is 14.9. The predicted octanol–water partition coefficient (Wildman–Crippen LogP) is 1.41. The van der Waals surface area contributed by atoms with Crippen molar-refractivity contribution in [3.05, 3.63) is 23.8 Å². The highest BCUT2D eigenvalue weighted by Gasteiger charge is 2.24. The summed E-state index contributed by atoms with van der Waals surface area (Å²) in [5, 5.41) is 5.76. The van der Waals surface area contributed by atoms with Gasteiger partial charge in [-0.2, -0.15) is 0 Å². The van der Waals surface area contributed by atoms with E-state index in [-0.39, 0.29) is 17.1 Å². The number of amides is 2. The molecule has 2 rings (SSSR count). The van der Waals surface area contributed by atoms with Gasteiger partial charge in [0.2, 0.25) is 5.91 Å². The van der Waals surface area contributed by atoms with Crippen molar-refractivity contribution in [3.8, 4) is 0 Å². The van der Waals surface area contributed by atoms with Crippen LogP contribution in [-0.2, 0) is 4.79 Å². The molecule has 1 unspecified atom stereocenters. The van der Waals surface area contributed by atoms with Crippen molar-refractivity contribution in [2.45, 2.75) is 17.1 Å². The van der Waals surface area contributed by atoms with E-state index in [1.54, 1.807) is 18.0 Å². The number of hydrogen-bond donors (Lipinski definition) is 2. The molecule has 0 radical (unpaired) electrons. The lowest BCUT2D eigenvalue weighted by Gasteiger charge is -2.23. The van der Waals surface area contributed by atoms with Crippen LogP contribution in [0.1, 0.15) is 17.3 Å². The van der Waals surface area contributed by atoms with E-state index in [4.69, 9.17) is 0 Å². The average molecular weight is 293 g/mol. The van der Waals surface area contributed by atoms with Gasteiger partial charge in [-0.05, 0) is 32.2 Å². The van der Waals surface area contributed by atoms with Crippen LogP contribution < -0.4 is 10.6 Å². The number of hydrogen-bond acceptors (Lipinski definition) is 4. The zero-order valence-electron chi connectivity index (χ0n) is 11.9. The number of nitrogens with zero attached hydrogens (tertiary/aromatic N) is 1. The van der Waals surface area contributed by atoms with Crippen molar-refractivity contribution in [1.82, 2.24) is 10.2 Å². The van der Waals surface area contributed by atoms with Gasteiger partial charge >= 0.3 is 0 Å². The highest BCUT2D eigenvalue weighted by Crippen LogP contribution is 2.36. The first-order valence-electron chi connectivity index (χ1n) is 6.54. The normalized spacial score (nSPS) is 17.4. The molecule has 0 saturated carbocycles. The number of carbonyl (C=O) groups excluding carboxylic acids is 2. The highest BCUT2D eigenvalue weighted by atomic mass is 32.2. The van der Waals surface area contributed by atoms with Crippen LogP contribution >= 0.6 is 11.8 Å². The Kier molecular flexibility index (Phi) is 4.67. The summed E-state index contributed by atoms with van der Waals surface area (Å²) in [6.45, 7) is 3.26. The zero-order valence-corrected chi connectivity index (χ0v) is 12.7. The molecule has 0 aliphatic carbocycles. The molecule has 5 nitrogen and oxygen atoms in total. The van der Waals surface area contributed by atoms with Crippen molar-refractivity contribution in [2.75, 3.05) is 32.5 Å². The van der Waals surface area contributed by atoms with Gasteiger partial charge in [-0.25, -0.2) is 0 Å². The van der Waals surface area contributed by atoms with Gasteiger partial charge in [0, 0.05) is 30.6 Å². The Labute approximate surface area is 123 Å². The Balaban J connectivity index is 2.17. The van der Waals surface area contributed by atoms with Crippen LogP contribution in [0, 0.1) is 0 Å². The number of thioether (sulfide) groups is 1. The number of likely N-dealkylation sites (N-methyl/N-ethyl adjacent to an activating group) is 2. The largest absolute Gasteiger partial charge is 0.340 e. The lowest BCUT2D eigenvalue weighted by molar-refractivity contribution is -0.115. The molecule has 1 heterocycles. The molecule has 2 N–H and O–H groups in total. The fraction of sp³-hybridized carbons (Fsp3) is 0.429. The SMILES string of the molecule is CNCCN(C)C(=O)c1ccc2c(c1)NC(=O)C(C)S2. The van der Waals surface area contributed by atoms with E-state index in [0.29, 0.717) is 12.1 Å². The van der Waals surface area contributed by atoms with E-state index in [1.807, 2.05) is 26.1 Å². The molecular weight excluding hydrogens is 274 g/mol. The van der Waals surface area contributed by atoms with Gasteiger partial charge in [0.05, 0.1) is 10.9 Å². The Bertz CT molecular complexity index is 533. The van der Waals surface area contributed by atoms with Crippen LogP contribution in [0.5, 0.6) is 0 Å². The Morgan fingerprint density at radius 3 is 2.95 bits per heavy atom. The van der Waals surface area contributed by atoms with Crippen molar-refractivity contribution in [1.29, 1.82) is 0 Å². The summed E-state index contributed by atoms with van der Waals surface area (Å²) in [6, 6.07) is 5.47. The van der Waals surface area contributed by atoms with Crippen LogP contribution in [0.4, 0.5) is 5.69 Å². The summed E-state index contributed by atoms with van der Waals surface area (Å²) in [6.07, 6.45) is 0. The summed E-state index contributed by atoms with van der Waals surface area (Å²) in [7, 11) is 3.62. The van der Waals surface area contributed by atoms with E-state index in [0.717, 1.165) is 17.1 Å². The molecule has 0 fully saturated rings. The fourth-order valence-corrected chi connectivity index (χ4v) is 2.87.